The Kier molecular flexibility index (Phi) is 3.52. The van der Waals surface area contributed by atoms with Gasteiger partial charge in [-0.25, -0.2) is 0 Å². The normalized spacial score (nSPS) is 21.9. The molecule has 0 aliphatic heterocycles. The summed E-state index contributed by atoms with van der Waals surface area (Å²) in [5, 5.41) is 2.96. The van der Waals surface area contributed by atoms with E-state index >= 15 is 0 Å². The number of amides is 1. The maximum atomic E-state index is 11.5. The van der Waals surface area contributed by atoms with E-state index in [4.69, 9.17) is 10.5 Å². The number of nitrogen functional groups attached to an aromatic ring is 1. The first-order valence-electron chi connectivity index (χ1n) is 5.93. The third kappa shape index (κ3) is 3.66. The zero-order valence-electron chi connectivity index (χ0n) is 9.98. The van der Waals surface area contributed by atoms with E-state index in [1.807, 2.05) is 12.1 Å². The second-order valence-electron chi connectivity index (χ2n) is 4.56. The van der Waals surface area contributed by atoms with Crippen LogP contribution in [0.5, 0.6) is 5.75 Å². The molecule has 92 valence electrons. The Bertz CT molecular complexity index is 406. The monoisotopic (exact) mass is 234 g/mol. The summed E-state index contributed by atoms with van der Waals surface area (Å²) in [4.78, 5) is 11.5. The smallest absolute Gasteiger partial charge is 0.223 e. The van der Waals surface area contributed by atoms with Crippen molar-refractivity contribution in [3.8, 4) is 5.75 Å². The lowest BCUT2D eigenvalue weighted by atomic mass is 10.3. The first kappa shape index (κ1) is 11.8. The fourth-order valence-electron chi connectivity index (χ4n) is 1.67. The number of carbonyl (C=O) groups excluding carboxylic acids is 1. The molecule has 2 unspecified atom stereocenters. The number of benzene rings is 1. The van der Waals surface area contributed by atoms with E-state index in [-0.39, 0.29) is 5.91 Å². The predicted octanol–water partition coefficient (Wildman–Crippen LogP) is 1.56. The van der Waals surface area contributed by atoms with Crippen molar-refractivity contribution in [3.63, 3.8) is 0 Å². The summed E-state index contributed by atoms with van der Waals surface area (Å²) in [7, 11) is 0. The van der Waals surface area contributed by atoms with E-state index < -0.39 is 0 Å². The summed E-state index contributed by atoms with van der Waals surface area (Å²) < 4.78 is 5.45. The first-order chi connectivity index (χ1) is 8.15. The molecule has 4 heteroatoms. The number of hydrogen-bond acceptors (Lipinski definition) is 3. The Morgan fingerprint density at radius 2 is 2.35 bits per heavy atom. The molecule has 3 N–H and O–H groups in total. The van der Waals surface area contributed by atoms with Crippen molar-refractivity contribution in [3.05, 3.63) is 24.3 Å². The molecule has 2 atom stereocenters. The Morgan fingerprint density at radius 3 is 3.00 bits per heavy atom. The average Bonchev–Trinajstić information content (AvgIpc) is 2.94. The number of anilines is 1. The largest absolute Gasteiger partial charge is 0.493 e. The minimum Gasteiger partial charge on any atom is -0.493 e. The van der Waals surface area contributed by atoms with Gasteiger partial charge in [-0.2, -0.15) is 0 Å². The summed E-state index contributed by atoms with van der Waals surface area (Å²) in [5.41, 5.74) is 6.29. The standard InChI is InChI=1S/C13H18N2O2/c1-9-7-12(9)15-13(16)5-6-17-11-4-2-3-10(14)8-11/h2-4,8-9,12H,5-7,14H2,1H3,(H,15,16). The molecule has 1 aliphatic carbocycles. The van der Waals surface area contributed by atoms with E-state index in [0.717, 1.165) is 6.42 Å². The van der Waals surface area contributed by atoms with Crippen molar-refractivity contribution >= 4 is 11.6 Å². The van der Waals surface area contributed by atoms with Crippen molar-refractivity contribution in [2.75, 3.05) is 12.3 Å². The van der Waals surface area contributed by atoms with Gasteiger partial charge in [-0.3, -0.25) is 4.79 Å². The fraction of sp³-hybridized carbons (Fsp3) is 0.462. The molecular weight excluding hydrogens is 216 g/mol. The first-order valence-corrected chi connectivity index (χ1v) is 5.93. The van der Waals surface area contributed by atoms with Crippen molar-refractivity contribution in [2.24, 2.45) is 5.92 Å². The number of hydrogen-bond donors (Lipinski definition) is 2. The maximum absolute atomic E-state index is 11.5. The molecule has 0 radical (unpaired) electrons. The zero-order valence-corrected chi connectivity index (χ0v) is 9.98. The lowest BCUT2D eigenvalue weighted by Crippen LogP contribution is -2.27. The van der Waals surface area contributed by atoms with Crippen LogP contribution in [0.3, 0.4) is 0 Å². The van der Waals surface area contributed by atoms with Gasteiger partial charge in [0.25, 0.3) is 0 Å². The Hall–Kier alpha value is -1.71. The Balaban J connectivity index is 1.67. The Labute approximate surface area is 101 Å². The molecular formula is C13H18N2O2. The van der Waals surface area contributed by atoms with Crippen LogP contribution in [0, 0.1) is 5.92 Å². The lowest BCUT2D eigenvalue weighted by Gasteiger charge is -2.07. The van der Waals surface area contributed by atoms with Crippen molar-refractivity contribution in [1.29, 1.82) is 0 Å². The number of nitrogens with one attached hydrogen (secondary N) is 1. The van der Waals surface area contributed by atoms with Crippen LogP contribution in [0.15, 0.2) is 24.3 Å². The van der Waals surface area contributed by atoms with Gasteiger partial charge >= 0.3 is 0 Å². The summed E-state index contributed by atoms with van der Waals surface area (Å²) in [6.07, 6.45) is 1.49. The van der Waals surface area contributed by atoms with Gasteiger partial charge in [0.05, 0.1) is 13.0 Å². The highest BCUT2D eigenvalue weighted by atomic mass is 16.5. The second-order valence-corrected chi connectivity index (χ2v) is 4.56. The molecule has 0 heterocycles. The summed E-state index contributed by atoms with van der Waals surface area (Å²) in [6, 6.07) is 7.60. The fourth-order valence-corrected chi connectivity index (χ4v) is 1.67. The van der Waals surface area contributed by atoms with Gasteiger partial charge in [-0.15, -0.1) is 0 Å². The van der Waals surface area contributed by atoms with Gasteiger partial charge in [-0.1, -0.05) is 13.0 Å². The third-order valence-corrected chi connectivity index (χ3v) is 2.91. The molecule has 0 spiro atoms. The van der Waals surface area contributed by atoms with Crippen LogP contribution in [0.25, 0.3) is 0 Å². The van der Waals surface area contributed by atoms with Crippen LogP contribution in [-0.2, 0) is 4.79 Å². The molecule has 0 saturated heterocycles. The van der Waals surface area contributed by atoms with Crippen LogP contribution in [0.2, 0.25) is 0 Å². The number of nitrogens with two attached hydrogens (primary N) is 1. The molecule has 0 aromatic heterocycles. The van der Waals surface area contributed by atoms with Crippen LogP contribution in [-0.4, -0.2) is 18.6 Å². The van der Waals surface area contributed by atoms with Gasteiger partial charge in [0, 0.05) is 17.8 Å². The Morgan fingerprint density at radius 1 is 1.59 bits per heavy atom. The SMILES string of the molecule is CC1CC1NC(=O)CCOc1cccc(N)c1. The molecule has 17 heavy (non-hydrogen) atoms. The second kappa shape index (κ2) is 5.08. The molecule has 1 aliphatic rings. The van der Waals surface area contributed by atoms with E-state index in [0.29, 0.717) is 36.4 Å². The molecule has 2 rings (SSSR count). The minimum absolute atomic E-state index is 0.0586. The number of ether oxygens (including phenoxy) is 1. The van der Waals surface area contributed by atoms with Gasteiger partial charge in [0.15, 0.2) is 0 Å². The number of rotatable bonds is 5. The molecule has 1 amide bonds. The van der Waals surface area contributed by atoms with Gasteiger partial charge in [-0.05, 0) is 24.5 Å². The molecule has 1 aromatic carbocycles. The van der Waals surface area contributed by atoms with Crippen LogP contribution >= 0.6 is 0 Å². The van der Waals surface area contributed by atoms with Gasteiger partial charge in [0.2, 0.25) is 5.91 Å². The van der Waals surface area contributed by atoms with E-state index in [2.05, 4.69) is 12.2 Å². The van der Waals surface area contributed by atoms with Crippen molar-refractivity contribution < 1.29 is 9.53 Å². The van der Waals surface area contributed by atoms with Crippen LogP contribution < -0.4 is 15.8 Å². The maximum Gasteiger partial charge on any atom is 0.223 e. The highest BCUT2D eigenvalue weighted by Gasteiger charge is 2.33. The highest BCUT2D eigenvalue weighted by Crippen LogP contribution is 2.28. The highest BCUT2D eigenvalue weighted by molar-refractivity contribution is 5.76. The predicted molar refractivity (Wildman–Crippen MR) is 66.7 cm³/mol. The zero-order chi connectivity index (χ0) is 12.3. The van der Waals surface area contributed by atoms with E-state index in [1.54, 1.807) is 12.1 Å². The van der Waals surface area contributed by atoms with Crippen LogP contribution in [0.1, 0.15) is 19.8 Å². The third-order valence-electron chi connectivity index (χ3n) is 2.91. The van der Waals surface area contributed by atoms with E-state index in [1.165, 1.54) is 0 Å². The van der Waals surface area contributed by atoms with Gasteiger partial charge < -0.3 is 15.8 Å². The summed E-state index contributed by atoms with van der Waals surface area (Å²) in [5.74, 6) is 1.40. The molecule has 0 bridgehead atoms. The topological polar surface area (TPSA) is 64.3 Å². The molecule has 1 saturated carbocycles. The summed E-state index contributed by atoms with van der Waals surface area (Å²) in [6.45, 7) is 2.52. The number of carbonyl (C=O) groups is 1. The van der Waals surface area contributed by atoms with Crippen molar-refractivity contribution in [2.45, 2.75) is 25.8 Å². The van der Waals surface area contributed by atoms with E-state index in [9.17, 15) is 4.79 Å². The molecule has 1 aromatic rings. The van der Waals surface area contributed by atoms with Crippen molar-refractivity contribution in [1.82, 2.24) is 5.32 Å². The average molecular weight is 234 g/mol. The minimum atomic E-state index is 0.0586. The lowest BCUT2D eigenvalue weighted by molar-refractivity contribution is -0.121. The summed E-state index contributed by atoms with van der Waals surface area (Å²) >= 11 is 0. The molecule has 4 nitrogen and oxygen atoms in total. The quantitative estimate of drug-likeness (QED) is 0.760. The molecule has 1 fully saturated rings. The van der Waals surface area contributed by atoms with Crippen LogP contribution in [0.4, 0.5) is 5.69 Å². The van der Waals surface area contributed by atoms with Gasteiger partial charge in [0.1, 0.15) is 5.75 Å².